The van der Waals surface area contributed by atoms with E-state index in [4.69, 9.17) is 4.74 Å². The minimum Gasteiger partial charge on any atom is -0.466 e. The number of halogens is 2. The summed E-state index contributed by atoms with van der Waals surface area (Å²) in [5.74, 6) is -3.29. The Hall–Kier alpha value is -4.34. The zero-order valence-corrected chi connectivity index (χ0v) is 22.5. The van der Waals surface area contributed by atoms with Gasteiger partial charge in [0, 0.05) is 12.6 Å². The molecule has 0 aromatic heterocycles. The summed E-state index contributed by atoms with van der Waals surface area (Å²) < 4.78 is 32.8. The molecule has 2 aromatic carbocycles. The Morgan fingerprint density at radius 1 is 1.24 bits per heavy atom. The molecule has 0 saturated heterocycles. The summed E-state index contributed by atoms with van der Waals surface area (Å²) in [6, 6.07) is 12.8. The minimum absolute atomic E-state index is 0.00838. The second-order valence-corrected chi connectivity index (χ2v) is 9.95. The predicted molar refractivity (Wildman–Crippen MR) is 142 cm³/mol. The molecule has 1 fully saturated rings. The van der Waals surface area contributed by atoms with Crippen molar-refractivity contribution in [2.75, 3.05) is 26.8 Å². The summed E-state index contributed by atoms with van der Waals surface area (Å²) in [6.45, 7) is -0.507. The van der Waals surface area contributed by atoms with Crippen molar-refractivity contribution in [3.63, 3.8) is 0 Å². The lowest BCUT2D eigenvalue weighted by molar-refractivity contribution is -0.141. The third kappa shape index (κ3) is 6.06. The van der Waals surface area contributed by atoms with Gasteiger partial charge in [0.1, 0.15) is 6.04 Å². The quantitative estimate of drug-likeness (QED) is 0.297. The molecule has 0 spiro atoms. The van der Waals surface area contributed by atoms with E-state index in [0.717, 1.165) is 47.7 Å². The van der Waals surface area contributed by atoms with E-state index in [1.807, 2.05) is 30.3 Å². The first-order valence-electron chi connectivity index (χ1n) is 13.2. The lowest BCUT2D eigenvalue weighted by Gasteiger charge is -2.42. The van der Waals surface area contributed by atoms with E-state index >= 15 is 0 Å². The van der Waals surface area contributed by atoms with Crippen molar-refractivity contribution in [1.82, 2.24) is 20.7 Å². The summed E-state index contributed by atoms with van der Waals surface area (Å²) in [5, 5.41) is 27.5. The normalized spacial score (nSPS) is 22.5. The Morgan fingerprint density at radius 3 is 2.54 bits per heavy atom. The summed E-state index contributed by atoms with van der Waals surface area (Å²) >= 11 is 0. The highest BCUT2D eigenvalue weighted by Crippen LogP contribution is 2.39. The molecule has 1 heterocycles. The number of hydrazine groups is 1. The standard InChI is InChI=1S/C29H31F2N5O5/c1-41-27(39)25-24(16-37)34-28(40)36(26(25)19-7-8-22(30)23(31)15-19)35(18-38)14-13-33-21-9-11-29(17-32,12-10-21)20-5-3-2-4-6-20/h2-8,15,18,21,26,33,37H,9-14,16H2,1H3,(H,34,40). The summed E-state index contributed by atoms with van der Waals surface area (Å²) in [5.41, 5.74) is 0.00810. The number of methoxy groups -OCH3 is 1. The summed E-state index contributed by atoms with van der Waals surface area (Å²) in [6.07, 6.45) is 3.16. The number of aliphatic hydroxyl groups is 1. The van der Waals surface area contributed by atoms with Crippen molar-refractivity contribution in [3.8, 4) is 6.07 Å². The van der Waals surface area contributed by atoms with E-state index in [9.17, 15) is 33.5 Å². The monoisotopic (exact) mass is 567 g/mol. The molecule has 216 valence electrons. The SMILES string of the molecule is COC(=O)C1=C(CO)NC(=O)N(N(C=O)CCNC2CCC(C#N)(c3ccccc3)CC2)C1c1ccc(F)c(F)c1. The molecule has 0 radical (unpaired) electrons. The number of nitrogens with one attached hydrogen (secondary N) is 2. The fraction of sp³-hybridized carbons (Fsp3) is 0.379. The van der Waals surface area contributed by atoms with Gasteiger partial charge in [-0.3, -0.25) is 9.80 Å². The largest absolute Gasteiger partial charge is 0.466 e. The van der Waals surface area contributed by atoms with Gasteiger partial charge in [0.2, 0.25) is 6.41 Å². The Kier molecular flexibility index (Phi) is 9.31. The first-order chi connectivity index (χ1) is 19.8. The van der Waals surface area contributed by atoms with Crippen LogP contribution in [0.2, 0.25) is 0 Å². The molecule has 10 nitrogen and oxygen atoms in total. The van der Waals surface area contributed by atoms with E-state index in [1.54, 1.807) is 0 Å². The fourth-order valence-electron chi connectivity index (χ4n) is 5.51. The van der Waals surface area contributed by atoms with Crippen molar-refractivity contribution in [3.05, 3.63) is 82.6 Å². The smallest absolute Gasteiger partial charge is 0.341 e. The summed E-state index contributed by atoms with van der Waals surface area (Å²) in [4.78, 5) is 38.1. The van der Waals surface area contributed by atoms with Crippen LogP contribution in [0.1, 0.15) is 42.9 Å². The van der Waals surface area contributed by atoms with Gasteiger partial charge >= 0.3 is 12.0 Å². The molecular formula is C29H31F2N5O5. The molecule has 12 heteroatoms. The number of nitriles is 1. The van der Waals surface area contributed by atoms with Crippen LogP contribution in [0.4, 0.5) is 13.6 Å². The highest BCUT2D eigenvalue weighted by atomic mass is 19.2. The lowest BCUT2D eigenvalue weighted by atomic mass is 9.69. The first kappa shape index (κ1) is 29.6. The molecule has 1 aliphatic carbocycles. The maximum Gasteiger partial charge on any atom is 0.341 e. The van der Waals surface area contributed by atoms with Gasteiger partial charge in [-0.2, -0.15) is 5.26 Å². The minimum atomic E-state index is -1.39. The average Bonchev–Trinajstić information content (AvgIpc) is 3.01. The molecule has 4 rings (SSSR count). The zero-order chi connectivity index (χ0) is 29.6. The Balaban J connectivity index is 1.51. The van der Waals surface area contributed by atoms with E-state index in [-0.39, 0.29) is 36.0 Å². The van der Waals surface area contributed by atoms with Crippen LogP contribution in [0, 0.1) is 23.0 Å². The topological polar surface area (TPSA) is 135 Å². The number of hydrogen-bond donors (Lipinski definition) is 3. The number of hydrogen-bond acceptors (Lipinski definition) is 7. The molecule has 0 bridgehead atoms. The lowest BCUT2D eigenvalue weighted by Crippen LogP contribution is -2.58. The highest BCUT2D eigenvalue weighted by molar-refractivity contribution is 5.95. The van der Waals surface area contributed by atoms with E-state index in [1.165, 1.54) is 6.07 Å². The van der Waals surface area contributed by atoms with Crippen LogP contribution < -0.4 is 10.6 Å². The fourth-order valence-corrected chi connectivity index (χ4v) is 5.51. The third-order valence-electron chi connectivity index (χ3n) is 7.68. The first-order valence-corrected chi connectivity index (χ1v) is 13.2. The van der Waals surface area contributed by atoms with Gasteiger partial charge in [-0.25, -0.2) is 23.4 Å². The van der Waals surface area contributed by atoms with Crippen LogP contribution in [0.15, 0.2) is 59.8 Å². The second kappa shape index (κ2) is 12.9. The van der Waals surface area contributed by atoms with Crippen LogP contribution >= 0.6 is 0 Å². The molecule has 1 atom stereocenters. The van der Waals surface area contributed by atoms with Crippen molar-refractivity contribution < 1.29 is 33.0 Å². The van der Waals surface area contributed by atoms with E-state index in [0.29, 0.717) is 19.3 Å². The van der Waals surface area contributed by atoms with Gasteiger partial charge in [-0.1, -0.05) is 36.4 Å². The number of amides is 3. The molecule has 2 aromatic rings. The van der Waals surface area contributed by atoms with Crippen molar-refractivity contribution in [2.45, 2.75) is 43.2 Å². The average molecular weight is 568 g/mol. The Morgan fingerprint density at radius 2 is 1.95 bits per heavy atom. The number of esters is 1. The maximum atomic E-state index is 14.2. The zero-order valence-electron chi connectivity index (χ0n) is 22.5. The third-order valence-corrected chi connectivity index (χ3v) is 7.68. The van der Waals surface area contributed by atoms with E-state index in [2.05, 4.69) is 16.7 Å². The maximum absolute atomic E-state index is 14.2. The molecule has 1 aliphatic heterocycles. The predicted octanol–water partition coefficient (Wildman–Crippen LogP) is 2.82. The van der Waals surface area contributed by atoms with Crippen LogP contribution in [-0.2, 0) is 19.7 Å². The number of urea groups is 1. The molecular weight excluding hydrogens is 536 g/mol. The number of carbonyl (C=O) groups excluding carboxylic acids is 3. The Bertz CT molecular complexity index is 1360. The highest BCUT2D eigenvalue weighted by Gasteiger charge is 2.43. The number of benzene rings is 2. The molecule has 2 aliphatic rings. The molecule has 41 heavy (non-hydrogen) atoms. The van der Waals surface area contributed by atoms with Gasteiger partial charge in [0.25, 0.3) is 0 Å². The van der Waals surface area contributed by atoms with Gasteiger partial charge in [0.05, 0.1) is 43.0 Å². The van der Waals surface area contributed by atoms with E-state index < -0.39 is 41.7 Å². The number of ether oxygens (including phenoxy) is 1. The molecule has 3 N–H and O–H groups in total. The van der Waals surface area contributed by atoms with Crippen LogP contribution in [-0.4, -0.2) is 66.4 Å². The van der Waals surface area contributed by atoms with Crippen LogP contribution in [0.5, 0.6) is 0 Å². The molecule has 1 saturated carbocycles. The Labute approximate surface area is 236 Å². The van der Waals surface area contributed by atoms with Crippen molar-refractivity contribution in [2.24, 2.45) is 0 Å². The number of rotatable bonds is 10. The molecule has 1 unspecified atom stereocenters. The second-order valence-electron chi connectivity index (χ2n) is 9.95. The van der Waals surface area contributed by atoms with Crippen molar-refractivity contribution in [1.29, 1.82) is 5.26 Å². The number of carbonyl (C=O) groups is 3. The number of nitrogens with zero attached hydrogens (tertiary/aromatic N) is 3. The summed E-state index contributed by atoms with van der Waals surface area (Å²) in [7, 11) is 1.10. The van der Waals surface area contributed by atoms with Gasteiger partial charge < -0.3 is 20.5 Å². The number of aliphatic hydroxyl groups excluding tert-OH is 1. The van der Waals surface area contributed by atoms with Crippen molar-refractivity contribution >= 4 is 18.4 Å². The van der Waals surface area contributed by atoms with Crippen LogP contribution in [0.3, 0.4) is 0 Å². The van der Waals surface area contributed by atoms with Crippen LogP contribution in [0.25, 0.3) is 0 Å². The molecule has 3 amide bonds. The van der Waals surface area contributed by atoms with Gasteiger partial charge in [-0.05, 0) is 48.9 Å². The van der Waals surface area contributed by atoms with Gasteiger partial charge in [0.15, 0.2) is 11.6 Å². The van der Waals surface area contributed by atoms with Gasteiger partial charge in [-0.15, -0.1) is 0 Å².